The van der Waals surface area contributed by atoms with Gasteiger partial charge in [0.05, 0.1) is 12.2 Å². The number of ether oxygens (including phenoxy) is 1. The lowest BCUT2D eigenvalue weighted by Gasteiger charge is -2.25. The molecule has 1 aromatic carbocycles. The molecule has 23 heavy (non-hydrogen) atoms. The van der Waals surface area contributed by atoms with Crippen molar-refractivity contribution in [1.29, 1.82) is 0 Å². The van der Waals surface area contributed by atoms with Crippen LogP contribution in [-0.4, -0.2) is 42.6 Å². The summed E-state index contributed by atoms with van der Waals surface area (Å²) in [5.74, 6) is 1.57. The molecule has 2 bridgehead atoms. The van der Waals surface area contributed by atoms with Crippen molar-refractivity contribution in [2.75, 3.05) is 19.7 Å². The fourth-order valence-corrected chi connectivity index (χ4v) is 3.56. The molecule has 2 aliphatic heterocycles. The largest absolute Gasteiger partial charge is 0.492 e. The molecule has 2 heterocycles. The molecule has 1 aliphatic carbocycles. The fourth-order valence-electron chi connectivity index (χ4n) is 3.56. The predicted molar refractivity (Wildman–Crippen MR) is 92.4 cm³/mol. The van der Waals surface area contributed by atoms with Gasteiger partial charge in [-0.2, -0.15) is 0 Å². The molecule has 2 saturated heterocycles. The topological polar surface area (TPSA) is 41.6 Å². The number of hydrogen-bond acceptors (Lipinski definition) is 3. The maximum Gasteiger partial charge on any atom is 0.257 e. The van der Waals surface area contributed by atoms with E-state index in [1.807, 2.05) is 29.2 Å². The zero-order chi connectivity index (χ0) is 14.9. The average molecular weight is 337 g/mol. The van der Waals surface area contributed by atoms with Gasteiger partial charge in [-0.05, 0) is 50.2 Å². The van der Waals surface area contributed by atoms with Crippen LogP contribution in [0.2, 0.25) is 0 Å². The Kier molecular flexibility index (Phi) is 5.12. The Morgan fingerprint density at radius 2 is 1.91 bits per heavy atom. The van der Waals surface area contributed by atoms with E-state index in [1.165, 1.54) is 25.7 Å². The van der Waals surface area contributed by atoms with E-state index in [0.717, 1.165) is 37.4 Å². The molecule has 1 amide bonds. The Hall–Kier alpha value is -1.26. The maximum absolute atomic E-state index is 12.9. The number of halogens is 1. The summed E-state index contributed by atoms with van der Waals surface area (Å²) in [7, 11) is 0. The highest BCUT2D eigenvalue weighted by molar-refractivity contribution is 5.97. The Balaban J connectivity index is 0.00000156. The second-order valence-electron chi connectivity index (χ2n) is 6.93. The van der Waals surface area contributed by atoms with E-state index in [1.54, 1.807) is 0 Å². The van der Waals surface area contributed by atoms with E-state index in [0.29, 0.717) is 18.0 Å². The first kappa shape index (κ1) is 16.6. The molecule has 0 spiro atoms. The molecule has 5 heteroatoms. The van der Waals surface area contributed by atoms with Gasteiger partial charge in [0.15, 0.2) is 0 Å². The monoisotopic (exact) mass is 336 g/mol. The first-order chi connectivity index (χ1) is 10.8. The van der Waals surface area contributed by atoms with Gasteiger partial charge >= 0.3 is 0 Å². The summed E-state index contributed by atoms with van der Waals surface area (Å²) in [5, 5.41) is 3.63. The first-order valence-corrected chi connectivity index (χ1v) is 8.57. The van der Waals surface area contributed by atoms with E-state index in [2.05, 4.69) is 5.32 Å². The zero-order valence-corrected chi connectivity index (χ0v) is 14.2. The van der Waals surface area contributed by atoms with Crippen LogP contribution in [0, 0.1) is 5.92 Å². The van der Waals surface area contributed by atoms with Crippen LogP contribution in [0.3, 0.4) is 0 Å². The number of carbonyl (C=O) groups excluding carboxylic acids is 1. The van der Waals surface area contributed by atoms with Crippen molar-refractivity contribution >= 4 is 18.3 Å². The van der Waals surface area contributed by atoms with Gasteiger partial charge in [0.1, 0.15) is 5.75 Å². The van der Waals surface area contributed by atoms with Crippen LogP contribution in [0.25, 0.3) is 0 Å². The molecular formula is C18H25ClN2O2. The van der Waals surface area contributed by atoms with Crippen LogP contribution in [-0.2, 0) is 0 Å². The minimum absolute atomic E-state index is 0. The number of rotatable bonds is 4. The normalized spacial score (nSPS) is 26.3. The Morgan fingerprint density at radius 1 is 1.13 bits per heavy atom. The van der Waals surface area contributed by atoms with E-state index >= 15 is 0 Å². The minimum Gasteiger partial charge on any atom is -0.492 e. The summed E-state index contributed by atoms with van der Waals surface area (Å²) in [6.45, 7) is 2.42. The molecule has 126 valence electrons. The summed E-state index contributed by atoms with van der Waals surface area (Å²) in [6, 6.07) is 8.78. The van der Waals surface area contributed by atoms with Crippen LogP contribution >= 0.6 is 12.4 Å². The van der Waals surface area contributed by atoms with Crippen LogP contribution < -0.4 is 10.1 Å². The van der Waals surface area contributed by atoms with Crippen molar-refractivity contribution in [3.05, 3.63) is 29.8 Å². The smallest absolute Gasteiger partial charge is 0.257 e. The highest BCUT2D eigenvalue weighted by Crippen LogP contribution is 2.31. The van der Waals surface area contributed by atoms with Gasteiger partial charge < -0.3 is 15.0 Å². The lowest BCUT2D eigenvalue weighted by molar-refractivity contribution is 0.0743. The predicted octanol–water partition coefficient (Wildman–Crippen LogP) is 2.86. The quantitative estimate of drug-likeness (QED) is 0.919. The Morgan fingerprint density at radius 3 is 2.74 bits per heavy atom. The molecule has 1 N–H and O–H groups in total. The molecule has 1 saturated carbocycles. The molecule has 3 fully saturated rings. The van der Waals surface area contributed by atoms with E-state index in [-0.39, 0.29) is 18.3 Å². The number of para-hydroxylation sites is 1. The molecule has 4 nitrogen and oxygen atoms in total. The molecule has 0 radical (unpaired) electrons. The molecule has 2 unspecified atom stereocenters. The van der Waals surface area contributed by atoms with Crippen LogP contribution in [0.1, 0.15) is 42.5 Å². The minimum atomic E-state index is 0. The summed E-state index contributed by atoms with van der Waals surface area (Å²) in [6.07, 6.45) is 6.03. The van der Waals surface area contributed by atoms with Gasteiger partial charge in [-0.1, -0.05) is 12.1 Å². The van der Waals surface area contributed by atoms with Gasteiger partial charge in [0, 0.05) is 25.2 Å². The van der Waals surface area contributed by atoms with E-state index < -0.39 is 0 Å². The van der Waals surface area contributed by atoms with Gasteiger partial charge in [-0.3, -0.25) is 4.79 Å². The number of fused-ring (bicyclic) bond motifs is 2. The van der Waals surface area contributed by atoms with Crippen molar-refractivity contribution < 1.29 is 9.53 Å². The molecule has 3 aliphatic rings. The highest BCUT2D eigenvalue weighted by Gasteiger charge is 2.32. The van der Waals surface area contributed by atoms with Gasteiger partial charge in [-0.15, -0.1) is 12.4 Å². The van der Waals surface area contributed by atoms with Crippen molar-refractivity contribution in [2.45, 2.75) is 44.2 Å². The number of benzene rings is 1. The Labute approximate surface area is 144 Å². The van der Waals surface area contributed by atoms with Crippen LogP contribution in [0.4, 0.5) is 0 Å². The van der Waals surface area contributed by atoms with Crippen LogP contribution in [0.15, 0.2) is 24.3 Å². The van der Waals surface area contributed by atoms with Crippen molar-refractivity contribution in [3.8, 4) is 5.75 Å². The second-order valence-corrected chi connectivity index (χ2v) is 6.93. The highest BCUT2D eigenvalue weighted by atomic mass is 35.5. The number of carbonyl (C=O) groups is 1. The first-order valence-electron chi connectivity index (χ1n) is 8.57. The maximum atomic E-state index is 12.9. The van der Waals surface area contributed by atoms with Gasteiger partial charge in [0.2, 0.25) is 0 Å². The fraction of sp³-hybridized carbons (Fsp3) is 0.611. The third kappa shape index (κ3) is 3.81. The van der Waals surface area contributed by atoms with Crippen molar-refractivity contribution in [3.63, 3.8) is 0 Å². The standard InChI is InChI=1S/C18H24N2O2.ClH/c21-18(20-10-9-14-7-8-15(11-20)19-14)16-3-1-2-4-17(16)22-12-13-5-6-13;/h1-4,13-15,19H,5-12H2;1H. The molecule has 2 atom stereocenters. The van der Waals surface area contributed by atoms with Gasteiger partial charge in [0.25, 0.3) is 5.91 Å². The van der Waals surface area contributed by atoms with Crippen molar-refractivity contribution in [1.82, 2.24) is 10.2 Å². The lowest BCUT2D eigenvalue weighted by atomic mass is 10.1. The zero-order valence-electron chi connectivity index (χ0n) is 13.4. The van der Waals surface area contributed by atoms with Crippen LogP contribution in [0.5, 0.6) is 5.75 Å². The third-order valence-corrected chi connectivity index (χ3v) is 5.10. The SMILES string of the molecule is Cl.O=C(c1ccccc1OCC1CC1)N1CCC2CCC(C1)N2. The van der Waals surface area contributed by atoms with Gasteiger partial charge in [-0.25, -0.2) is 0 Å². The summed E-state index contributed by atoms with van der Waals surface area (Å²) >= 11 is 0. The summed E-state index contributed by atoms with van der Waals surface area (Å²) in [5.41, 5.74) is 0.723. The molecule has 0 aromatic heterocycles. The molecular weight excluding hydrogens is 312 g/mol. The third-order valence-electron chi connectivity index (χ3n) is 5.10. The number of nitrogens with zero attached hydrogens (tertiary/aromatic N) is 1. The summed E-state index contributed by atoms with van der Waals surface area (Å²) in [4.78, 5) is 14.9. The Bertz CT molecular complexity index is 562. The lowest BCUT2D eigenvalue weighted by Crippen LogP contribution is -2.39. The van der Waals surface area contributed by atoms with E-state index in [9.17, 15) is 4.79 Å². The average Bonchev–Trinajstić information content (AvgIpc) is 3.29. The van der Waals surface area contributed by atoms with Crippen molar-refractivity contribution in [2.24, 2.45) is 5.92 Å². The summed E-state index contributed by atoms with van der Waals surface area (Å²) < 4.78 is 5.90. The molecule has 1 aromatic rings. The number of hydrogen-bond donors (Lipinski definition) is 1. The second kappa shape index (κ2) is 7.10. The number of likely N-dealkylation sites (tertiary alicyclic amines) is 1. The number of nitrogens with one attached hydrogen (secondary N) is 1. The van der Waals surface area contributed by atoms with E-state index in [4.69, 9.17) is 4.74 Å². The number of amides is 1. The molecule has 4 rings (SSSR count).